The molecule has 3 aliphatic heterocycles. The molecule has 3 saturated heterocycles. The lowest BCUT2D eigenvalue weighted by atomic mass is 9.79. The number of aromatic nitrogens is 1. The van der Waals surface area contributed by atoms with Gasteiger partial charge in [-0.15, -0.1) is 0 Å². The Bertz CT molecular complexity index is 767. The molecule has 1 amide bonds. The summed E-state index contributed by atoms with van der Waals surface area (Å²) in [7, 11) is 1.62. The van der Waals surface area contributed by atoms with E-state index in [0.29, 0.717) is 17.2 Å². The van der Waals surface area contributed by atoms with Crippen molar-refractivity contribution in [3.63, 3.8) is 0 Å². The molecule has 1 aromatic carbocycles. The summed E-state index contributed by atoms with van der Waals surface area (Å²) in [5, 5.41) is 3.95. The smallest absolute Gasteiger partial charge is 0.273 e. The normalized spacial score (nSPS) is 27.3. The number of hydrogen-bond acceptors (Lipinski definition) is 6. The van der Waals surface area contributed by atoms with E-state index in [-0.39, 0.29) is 11.9 Å². The molecule has 26 heavy (non-hydrogen) atoms. The predicted octanol–water partition coefficient (Wildman–Crippen LogP) is 3.52. The molecule has 2 bridgehead atoms. The van der Waals surface area contributed by atoms with E-state index in [2.05, 4.69) is 22.1 Å². The summed E-state index contributed by atoms with van der Waals surface area (Å²) >= 11 is 3.14. The number of methoxy groups -OCH3 is 1. The van der Waals surface area contributed by atoms with Crippen molar-refractivity contribution in [2.75, 3.05) is 20.2 Å². The van der Waals surface area contributed by atoms with Crippen LogP contribution in [0.3, 0.4) is 0 Å². The first-order chi connectivity index (χ1) is 12.6. The van der Waals surface area contributed by atoms with Crippen LogP contribution in [0.25, 0.3) is 0 Å². The zero-order chi connectivity index (χ0) is 18.1. The van der Waals surface area contributed by atoms with Crippen molar-refractivity contribution in [1.82, 2.24) is 15.2 Å². The van der Waals surface area contributed by atoms with Gasteiger partial charge in [0.15, 0.2) is 0 Å². The molecule has 5 nitrogen and oxygen atoms in total. The van der Waals surface area contributed by atoms with E-state index in [1.807, 2.05) is 30.5 Å². The lowest BCUT2D eigenvalue weighted by molar-refractivity contribution is 0.0217. The van der Waals surface area contributed by atoms with Crippen molar-refractivity contribution in [3.05, 3.63) is 36.0 Å². The standard InChI is InChI=1S/C19H23N3O2S2/c1-12-17(13-7-9-22(12)10-8-13)21-18(23)14-3-5-15(6-4-14)25-16-11-20-19(24-2)26-16/h3-6,11-13,17H,7-10H2,1-2H3,(H,21,23)/t12-,17-/m0/s1. The Morgan fingerprint density at radius 3 is 2.65 bits per heavy atom. The Labute approximate surface area is 162 Å². The summed E-state index contributed by atoms with van der Waals surface area (Å²) in [6.45, 7) is 4.58. The zero-order valence-corrected chi connectivity index (χ0v) is 16.6. The van der Waals surface area contributed by atoms with Crippen LogP contribution in [0.2, 0.25) is 0 Å². The molecule has 1 N–H and O–H groups in total. The molecule has 2 atom stereocenters. The van der Waals surface area contributed by atoms with Gasteiger partial charge >= 0.3 is 0 Å². The van der Waals surface area contributed by atoms with Crippen molar-refractivity contribution < 1.29 is 9.53 Å². The Kier molecular flexibility index (Phi) is 5.20. The topological polar surface area (TPSA) is 54.5 Å². The van der Waals surface area contributed by atoms with Gasteiger partial charge < -0.3 is 10.1 Å². The number of piperidine rings is 3. The van der Waals surface area contributed by atoms with Gasteiger partial charge in [-0.05, 0) is 63.0 Å². The Morgan fingerprint density at radius 1 is 1.31 bits per heavy atom. The third-order valence-corrected chi connectivity index (χ3v) is 7.52. The van der Waals surface area contributed by atoms with Crippen LogP contribution in [0.5, 0.6) is 5.19 Å². The fourth-order valence-corrected chi connectivity index (χ4v) is 5.70. The molecule has 1 aromatic heterocycles. The van der Waals surface area contributed by atoms with Crippen molar-refractivity contribution in [3.8, 4) is 5.19 Å². The second-order valence-corrected chi connectivity index (χ2v) is 9.26. The molecule has 7 heteroatoms. The Balaban J connectivity index is 1.39. The molecule has 0 aliphatic carbocycles. The molecule has 3 aliphatic rings. The quantitative estimate of drug-likeness (QED) is 0.848. The van der Waals surface area contributed by atoms with Crippen LogP contribution in [-0.2, 0) is 0 Å². The molecule has 0 radical (unpaired) electrons. The SMILES string of the molecule is COc1ncc(Sc2ccc(C(=O)N[C@@H]3C4CCN(CC4)[C@H]3C)cc2)s1. The van der Waals surface area contributed by atoms with Crippen molar-refractivity contribution >= 4 is 29.0 Å². The number of thiazole rings is 1. The minimum atomic E-state index is 0.0339. The lowest BCUT2D eigenvalue weighted by Gasteiger charge is -2.49. The highest BCUT2D eigenvalue weighted by Gasteiger charge is 2.40. The molecular weight excluding hydrogens is 366 g/mol. The van der Waals surface area contributed by atoms with Gasteiger partial charge in [-0.25, -0.2) is 4.98 Å². The van der Waals surface area contributed by atoms with E-state index in [0.717, 1.165) is 14.7 Å². The number of nitrogens with zero attached hydrogens (tertiary/aromatic N) is 2. The maximum absolute atomic E-state index is 12.7. The van der Waals surface area contributed by atoms with Gasteiger partial charge in [0.25, 0.3) is 11.1 Å². The minimum absolute atomic E-state index is 0.0339. The van der Waals surface area contributed by atoms with E-state index in [1.54, 1.807) is 18.9 Å². The summed E-state index contributed by atoms with van der Waals surface area (Å²) in [5.74, 6) is 0.654. The van der Waals surface area contributed by atoms with Crippen LogP contribution in [0, 0.1) is 5.92 Å². The monoisotopic (exact) mass is 389 g/mol. The molecule has 138 valence electrons. The lowest BCUT2D eigenvalue weighted by Crippen LogP contribution is -2.62. The highest BCUT2D eigenvalue weighted by atomic mass is 32.2. The van der Waals surface area contributed by atoms with E-state index < -0.39 is 0 Å². The van der Waals surface area contributed by atoms with E-state index >= 15 is 0 Å². The maximum atomic E-state index is 12.7. The second kappa shape index (κ2) is 7.58. The number of rotatable bonds is 5. The first-order valence-corrected chi connectivity index (χ1v) is 10.6. The average Bonchev–Trinajstić information content (AvgIpc) is 3.13. The number of carbonyl (C=O) groups is 1. The van der Waals surface area contributed by atoms with Crippen molar-refractivity contribution in [1.29, 1.82) is 0 Å². The van der Waals surface area contributed by atoms with Crippen LogP contribution in [0.15, 0.2) is 39.6 Å². The van der Waals surface area contributed by atoms with Gasteiger partial charge in [-0.2, -0.15) is 0 Å². The number of fused-ring (bicyclic) bond motifs is 3. The molecule has 0 unspecified atom stereocenters. The highest BCUT2D eigenvalue weighted by Crippen LogP contribution is 2.35. The highest BCUT2D eigenvalue weighted by molar-refractivity contribution is 8.01. The molecule has 0 spiro atoms. The third-order valence-electron chi connectivity index (χ3n) is 5.45. The van der Waals surface area contributed by atoms with Crippen molar-refractivity contribution in [2.24, 2.45) is 5.92 Å². The number of hydrogen-bond donors (Lipinski definition) is 1. The zero-order valence-electron chi connectivity index (χ0n) is 15.0. The molecule has 4 heterocycles. The van der Waals surface area contributed by atoms with Gasteiger partial charge in [0.1, 0.15) is 0 Å². The number of ether oxygens (including phenoxy) is 1. The fourth-order valence-electron chi connectivity index (χ4n) is 3.96. The van der Waals surface area contributed by atoms with Crippen LogP contribution in [-0.4, -0.2) is 48.1 Å². The minimum Gasteiger partial charge on any atom is -0.473 e. The van der Waals surface area contributed by atoms with Gasteiger partial charge in [0.2, 0.25) is 0 Å². The van der Waals surface area contributed by atoms with Gasteiger partial charge in [0, 0.05) is 22.5 Å². The molecular formula is C19H23N3O2S2. The largest absolute Gasteiger partial charge is 0.473 e. The van der Waals surface area contributed by atoms with E-state index in [9.17, 15) is 4.79 Å². The molecule has 5 rings (SSSR count). The van der Waals surface area contributed by atoms with Crippen LogP contribution in [0.1, 0.15) is 30.1 Å². The molecule has 0 saturated carbocycles. The summed E-state index contributed by atoms with van der Waals surface area (Å²) in [6, 6.07) is 8.49. The number of benzene rings is 1. The van der Waals surface area contributed by atoms with Crippen LogP contribution in [0.4, 0.5) is 0 Å². The van der Waals surface area contributed by atoms with Gasteiger partial charge in [-0.3, -0.25) is 9.69 Å². The van der Waals surface area contributed by atoms with Gasteiger partial charge in [0.05, 0.1) is 17.5 Å². The summed E-state index contributed by atoms with van der Waals surface area (Å²) in [4.78, 5) is 20.4. The first kappa shape index (κ1) is 17.8. The first-order valence-electron chi connectivity index (χ1n) is 8.96. The van der Waals surface area contributed by atoms with E-state index in [1.165, 1.54) is 37.3 Å². The van der Waals surface area contributed by atoms with E-state index in [4.69, 9.17) is 4.74 Å². The third kappa shape index (κ3) is 3.61. The molecule has 2 aromatic rings. The number of amides is 1. The predicted molar refractivity (Wildman–Crippen MR) is 104 cm³/mol. The summed E-state index contributed by atoms with van der Waals surface area (Å²) in [5.41, 5.74) is 0.722. The Hall–Kier alpha value is -1.57. The second-order valence-electron chi connectivity index (χ2n) is 6.89. The number of carbonyl (C=O) groups excluding carboxylic acids is 1. The Morgan fingerprint density at radius 2 is 2.04 bits per heavy atom. The van der Waals surface area contributed by atoms with Crippen LogP contribution >= 0.6 is 23.1 Å². The summed E-state index contributed by atoms with van der Waals surface area (Å²) < 4.78 is 6.19. The van der Waals surface area contributed by atoms with Crippen LogP contribution < -0.4 is 10.1 Å². The fraction of sp³-hybridized carbons (Fsp3) is 0.474. The maximum Gasteiger partial charge on any atom is 0.273 e. The summed E-state index contributed by atoms with van der Waals surface area (Å²) in [6.07, 6.45) is 4.20. The average molecular weight is 390 g/mol. The number of nitrogens with one attached hydrogen (secondary N) is 1. The van der Waals surface area contributed by atoms with Gasteiger partial charge in [-0.1, -0.05) is 23.1 Å². The molecule has 3 fully saturated rings. The van der Waals surface area contributed by atoms with Crippen molar-refractivity contribution in [2.45, 2.75) is 41.0 Å².